The molecule has 2 aliphatic rings. The molecule has 1 aromatic rings. The molecule has 0 aliphatic carbocycles. The van der Waals surface area contributed by atoms with E-state index in [4.69, 9.17) is 15.2 Å². The maximum atomic E-state index is 12.3. The lowest BCUT2D eigenvalue weighted by Gasteiger charge is -2.30. The molecule has 1 amide bonds. The number of anilines is 2. The summed E-state index contributed by atoms with van der Waals surface area (Å²) in [5.41, 5.74) is 8.05. The van der Waals surface area contributed by atoms with Crippen LogP contribution in [-0.4, -0.2) is 56.8 Å². The highest BCUT2D eigenvalue weighted by atomic mass is 16.5. The molecule has 3 rings (SSSR count). The molecule has 1 unspecified atom stereocenters. The van der Waals surface area contributed by atoms with Crippen molar-refractivity contribution in [2.45, 2.75) is 18.9 Å². The summed E-state index contributed by atoms with van der Waals surface area (Å²) in [6.07, 6.45) is 0.549. The predicted octanol–water partition coefficient (Wildman–Crippen LogP) is 0.887. The van der Waals surface area contributed by atoms with Gasteiger partial charge in [0.15, 0.2) is 5.60 Å². The first-order valence-electron chi connectivity index (χ1n) is 7.56. The van der Waals surface area contributed by atoms with Crippen LogP contribution in [0.15, 0.2) is 12.1 Å². The number of nitrogen functional groups attached to an aromatic ring is 1. The number of rotatable bonds is 2. The molecule has 2 aliphatic heterocycles. The van der Waals surface area contributed by atoms with E-state index < -0.39 is 5.60 Å². The lowest BCUT2D eigenvalue weighted by atomic mass is 9.97. The van der Waals surface area contributed by atoms with Crippen molar-refractivity contribution in [3.8, 4) is 5.75 Å². The first-order chi connectivity index (χ1) is 10.4. The van der Waals surface area contributed by atoms with E-state index in [-0.39, 0.29) is 5.91 Å². The van der Waals surface area contributed by atoms with Crippen molar-refractivity contribution in [1.82, 2.24) is 4.90 Å². The second-order valence-corrected chi connectivity index (χ2v) is 6.33. The first kappa shape index (κ1) is 15.0. The molecule has 22 heavy (non-hydrogen) atoms. The van der Waals surface area contributed by atoms with Crippen LogP contribution in [-0.2, 0) is 16.0 Å². The zero-order valence-corrected chi connectivity index (χ0v) is 13.4. The second-order valence-electron chi connectivity index (χ2n) is 6.33. The third-order valence-corrected chi connectivity index (χ3v) is 4.28. The molecule has 0 saturated carbocycles. The van der Waals surface area contributed by atoms with Crippen molar-refractivity contribution in [1.29, 1.82) is 0 Å². The Morgan fingerprint density at radius 3 is 2.64 bits per heavy atom. The Bertz CT molecular complexity index is 597. The second kappa shape index (κ2) is 5.35. The van der Waals surface area contributed by atoms with Crippen molar-refractivity contribution in [3.63, 3.8) is 0 Å². The molecule has 2 N–H and O–H groups in total. The Balaban J connectivity index is 1.89. The van der Waals surface area contributed by atoms with Gasteiger partial charge in [0.2, 0.25) is 0 Å². The van der Waals surface area contributed by atoms with Gasteiger partial charge in [-0.3, -0.25) is 4.79 Å². The molecule has 1 aromatic carbocycles. The zero-order chi connectivity index (χ0) is 15.9. The molecule has 0 radical (unpaired) electrons. The van der Waals surface area contributed by atoms with E-state index in [1.165, 1.54) is 0 Å². The van der Waals surface area contributed by atoms with Crippen LogP contribution in [0.3, 0.4) is 0 Å². The summed E-state index contributed by atoms with van der Waals surface area (Å²) in [7, 11) is 3.49. The summed E-state index contributed by atoms with van der Waals surface area (Å²) >= 11 is 0. The van der Waals surface area contributed by atoms with Crippen LogP contribution in [0.1, 0.15) is 12.5 Å². The number of ether oxygens (including phenoxy) is 2. The van der Waals surface area contributed by atoms with Crippen LogP contribution in [0.5, 0.6) is 5.75 Å². The van der Waals surface area contributed by atoms with Gasteiger partial charge in [0.25, 0.3) is 5.91 Å². The normalized spacial score (nSPS) is 23.9. The minimum absolute atomic E-state index is 0.0322. The Morgan fingerprint density at radius 2 is 2.00 bits per heavy atom. The maximum Gasteiger partial charge on any atom is 0.266 e. The summed E-state index contributed by atoms with van der Waals surface area (Å²) < 4.78 is 11.4. The van der Waals surface area contributed by atoms with E-state index in [2.05, 4.69) is 4.90 Å². The van der Waals surface area contributed by atoms with Crippen LogP contribution in [0.4, 0.5) is 11.4 Å². The number of nitrogens with zero attached hydrogens (tertiary/aromatic N) is 2. The molecule has 6 nitrogen and oxygen atoms in total. The molecule has 0 bridgehead atoms. The van der Waals surface area contributed by atoms with Gasteiger partial charge in [-0.15, -0.1) is 0 Å². The Hall–Kier alpha value is -1.95. The van der Waals surface area contributed by atoms with Gasteiger partial charge in [-0.1, -0.05) is 0 Å². The van der Waals surface area contributed by atoms with Crippen LogP contribution < -0.4 is 15.4 Å². The van der Waals surface area contributed by atoms with Gasteiger partial charge in [-0.25, -0.2) is 0 Å². The summed E-state index contributed by atoms with van der Waals surface area (Å²) in [6, 6.07) is 3.90. The van der Waals surface area contributed by atoms with E-state index in [1.54, 1.807) is 19.0 Å². The third-order valence-electron chi connectivity index (χ3n) is 4.28. The van der Waals surface area contributed by atoms with Gasteiger partial charge in [-0.2, -0.15) is 0 Å². The third kappa shape index (κ3) is 2.47. The standard InChI is InChI=1S/C16H23N3O3/c1-16(15(20)18(2)3)10-11-8-12(17)13(9-14(11)22-16)19-4-6-21-7-5-19/h8-9H,4-7,10,17H2,1-3H3. The monoisotopic (exact) mass is 305 g/mol. The number of likely N-dealkylation sites (N-methyl/N-ethyl adjacent to an activating group) is 1. The minimum Gasteiger partial charge on any atom is -0.477 e. The lowest BCUT2D eigenvalue weighted by molar-refractivity contribution is -0.142. The average Bonchev–Trinajstić information content (AvgIpc) is 2.82. The van der Waals surface area contributed by atoms with Crippen LogP contribution in [0.2, 0.25) is 0 Å². The minimum atomic E-state index is -0.845. The molecule has 1 atom stereocenters. The molecule has 0 spiro atoms. The molecule has 1 fully saturated rings. The fraction of sp³-hybridized carbons (Fsp3) is 0.562. The van der Waals surface area contributed by atoms with E-state index in [0.717, 1.165) is 35.8 Å². The number of morpholine rings is 1. The quantitative estimate of drug-likeness (QED) is 0.822. The van der Waals surface area contributed by atoms with Crippen LogP contribution in [0.25, 0.3) is 0 Å². The van der Waals surface area contributed by atoms with E-state index in [0.29, 0.717) is 19.6 Å². The van der Waals surface area contributed by atoms with Crippen molar-refractivity contribution < 1.29 is 14.3 Å². The Kier molecular flexibility index (Phi) is 3.64. The summed E-state index contributed by atoms with van der Waals surface area (Å²) in [4.78, 5) is 16.1. The van der Waals surface area contributed by atoms with Crippen molar-refractivity contribution in [3.05, 3.63) is 17.7 Å². The number of carbonyl (C=O) groups is 1. The number of carbonyl (C=O) groups excluding carboxylic acids is 1. The summed E-state index contributed by atoms with van der Waals surface area (Å²) in [5.74, 6) is 0.726. The van der Waals surface area contributed by atoms with Gasteiger partial charge in [0, 0.05) is 45.2 Å². The SMILES string of the molecule is CN(C)C(=O)C1(C)Cc2cc(N)c(N3CCOCC3)cc2O1. The fourth-order valence-electron chi connectivity index (χ4n) is 3.18. The van der Waals surface area contributed by atoms with Crippen LogP contribution in [0, 0.1) is 0 Å². The summed E-state index contributed by atoms with van der Waals surface area (Å²) in [6.45, 7) is 4.87. The highest BCUT2D eigenvalue weighted by Crippen LogP contribution is 2.41. The smallest absolute Gasteiger partial charge is 0.266 e. The molecule has 2 heterocycles. The Labute approximate surface area is 130 Å². The molecule has 6 heteroatoms. The average molecular weight is 305 g/mol. The zero-order valence-electron chi connectivity index (χ0n) is 13.4. The molecule has 120 valence electrons. The predicted molar refractivity (Wildman–Crippen MR) is 85.3 cm³/mol. The number of nitrogens with two attached hydrogens (primary N) is 1. The van der Waals surface area contributed by atoms with Crippen molar-refractivity contribution in [2.24, 2.45) is 0 Å². The molecular weight excluding hydrogens is 282 g/mol. The number of benzene rings is 1. The topological polar surface area (TPSA) is 68.0 Å². The van der Waals surface area contributed by atoms with Crippen molar-refractivity contribution in [2.75, 3.05) is 51.0 Å². The number of hydrogen-bond donors (Lipinski definition) is 1. The summed E-state index contributed by atoms with van der Waals surface area (Å²) in [5, 5.41) is 0. The van der Waals surface area contributed by atoms with Gasteiger partial charge < -0.3 is 25.0 Å². The van der Waals surface area contributed by atoms with E-state index in [1.807, 2.05) is 19.1 Å². The largest absolute Gasteiger partial charge is 0.477 e. The van der Waals surface area contributed by atoms with Gasteiger partial charge in [0.1, 0.15) is 5.75 Å². The molecular formula is C16H23N3O3. The van der Waals surface area contributed by atoms with Crippen LogP contribution >= 0.6 is 0 Å². The van der Waals surface area contributed by atoms with Gasteiger partial charge in [-0.05, 0) is 13.0 Å². The fourth-order valence-corrected chi connectivity index (χ4v) is 3.18. The first-order valence-corrected chi connectivity index (χ1v) is 7.56. The molecule has 1 saturated heterocycles. The van der Waals surface area contributed by atoms with Gasteiger partial charge in [0.05, 0.1) is 24.6 Å². The van der Waals surface area contributed by atoms with E-state index >= 15 is 0 Å². The Morgan fingerprint density at radius 1 is 1.32 bits per heavy atom. The number of fused-ring (bicyclic) bond motifs is 1. The van der Waals surface area contributed by atoms with Gasteiger partial charge >= 0.3 is 0 Å². The number of amides is 1. The highest BCUT2D eigenvalue weighted by Gasteiger charge is 2.43. The molecule has 0 aromatic heterocycles. The maximum absolute atomic E-state index is 12.3. The van der Waals surface area contributed by atoms with E-state index in [9.17, 15) is 4.79 Å². The number of hydrogen-bond acceptors (Lipinski definition) is 5. The van der Waals surface area contributed by atoms with Crippen molar-refractivity contribution >= 4 is 17.3 Å². The lowest BCUT2D eigenvalue weighted by Crippen LogP contribution is -2.47. The highest BCUT2D eigenvalue weighted by molar-refractivity contribution is 5.87.